The summed E-state index contributed by atoms with van der Waals surface area (Å²) in [6.07, 6.45) is 2.95. The molecule has 4 heteroatoms. The Hall–Kier alpha value is -0.930. The number of benzene rings is 1. The highest BCUT2D eigenvalue weighted by Gasteiger charge is 2.38. The highest BCUT2D eigenvalue weighted by Crippen LogP contribution is 2.40. The lowest BCUT2D eigenvalue weighted by Gasteiger charge is -2.16. The first-order chi connectivity index (χ1) is 8.08. The molecule has 1 saturated carbocycles. The standard InChI is InChI=1S/C13H18ClNO2/c1-3-17-11-7-12(16-2)10(14)6-9(11)8-13(15)4-5-13/h6-7H,3-5,8,15H2,1-2H3. The van der Waals surface area contributed by atoms with Crippen LogP contribution in [0.2, 0.25) is 5.02 Å². The van der Waals surface area contributed by atoms with Crippen LogP contribution in [0.25, 0.3) is 0 Å². The van der Waals surface area contributed by atoms with Gasteiger partial charge in [-0.15, -0.1) is 0 Å². The molecule has 0 amide bonds. The zero-order chi connectivity index (χ0) is 12.5. The van der Waals surface area contributed by atoms with Crippen molar-refractivity contribution in [1.82, 2.24) is 0 Å². The zero-order valence-electron chi connectivity index (χ0n) is 10.3. The van der Waals surface area contributed by atoms with Crippen LogP contribution in [0.4, 0.5) is 0 Å². The van der Waals surface area contributed by atoms with Crippen LogP contribution in [0.5, 0.6) is 11.5 Å². The predicted molar refractivity (Wildman–Crippen MR) is 69.0 cm³/mol. The van der Waals surface area contributed by atoms with E-state index in [1.54, 1.807) is 7.11 Å². The van der Waals surface area contributed by atoms with Gasteiger partial charge in [0.25, 0.3) is 0 Å². The third kappa shape index (κ3) is 2.85. The van der Waals surface area contributed by atoms with Gasteiger partial charge in [-0.3, -0.25) is 0 Å². The summed E-state index contributed by atoms with van der Waals surface area (Å²) >= 11 is 6.13. The molecule has 2 rings (SSSR count). The molecule has 1 aliphatic carbocycles. The van der Waals surface area contributed by atoms with Gasteiger partial charge in [0.1, 0.15) is 11.5 Å². The minimum Gasteiger partial charge on any atom is -0.495 e. The number of rotatable bonds is 5. The highest BCUT2D eigenvalue weighted by molar-refractivity contribution is 6.32. The van der Waals surface area contributed by atoms with Crippen LogP contribution in [-0.4, -0.2) is 19.3 Å². The Bertz CT molecular complexity index is 416. The maximum Gasteiger partial charge on any atom is 0.141 e. The Balaban J connectivity index is 2.30. The summed E-state index contributed by atoms with van der Waals surface area (Å²) in [4.78, 5) is 0. The lowest BCUT2D eigenvalue weighted by atomic mass is 10.0. The van der Waals surface area contributed by atoms with Gasteiger partial charge in [0, 0.05) is 11.6 Å². The van der Waals surface area contributed by atoms with E-state index >= 15 is 0 Å². The SMILES string of the molecule is CCOc1cc(OC)c(Cl)cc1CC1(N)CC1. The quantitative estimate of drug-likeness (QED) is 0.880. The molecular weight excluding hydrogens is 238 g/mol. The monoisotopic (exact) mass is 255 g/mol. The normalized spacial score (nSPS) is 16.7. The van der Waals surface area contributed by atoms with E-state index in [9.17, 15) is 0 Å². The Labute approximate surface area is 107 Å². The number of halogens is 1. The van der Waals surface area contributed by atoms with Crippen LogP contribution >= 0.6 is 11.6 Å². The van der Waals surface area contributed by atoms with Gasteiger partial charge in [-0.1, -0.05) is 11.6 Å². The second kappa shape index (κ2) is 4.75. The number of nitrogens with two attached hydrogens (primary N) is 1. The Morgan fingerprint density at radius 3 is 2.59 bits per heavy atom. The maximum atomic E-state index is 6.13. The fraction of sp³-hybridized carbons (Fsp3) is 0.538. The zero-order valence-corrected chi connectivity index (χ0v) is 11.0. The smallest absolute Gasteiger partial charge is 0.141 e. The second-order valence-corrected chi connectivity index (χ2v) is 4.97. The Kier molecular flexibility index (Phi) is 3.50. The van der Waals surface area contributed by atoms with Gasteiger partial charge in [-0.2, -0.15) is 0 Å². The molecule has 0 atom stereocenters. The number of hydrogen-bond acceptors (Lipinski definition) is 3. The molecule has 0 spiro atoms. The van der Waals surface area contributed by atoms with E-state index in [-0.39, 0.29) is 5.54 Å². The predicted octanol–water partition coefficient (Wildman–Crippen LogP) is 2.78. The molecule has 0 radical (unpaired) electrons. The maximum absolute atomic E-state index is 6.13. The third-order valence-corrected chi connectivity index (χ3v) is 3.36. The Morgan fingerprint density at radius 1 is 1.35 bits per heavy atom. The van der Waals surface area contributed by atoms with E-state index < -0.39 is 0 Å². The number of ether oxygens (including phenoxy) is 2. The molecule has 0 aromatic heterocycles. The molecule has 1 aliphatic rings. The third-order valence-electron chi connectivity index (χ3n) is 3.07. The number of hydrogen-bond donors (Lipinski definition) is 1. The summed E-state index contributed by atoms with van der Waals surface area (Å²) in [7, 11) is 1.60. The van der Waals surface area contributed by atoms with Gasteiger partial charge in [0.2, 0.25) is 0 Å². The number of methoxy groups -OCH3 is 1. The molecule has 2 N–H and O–H groups in total. The van der Waals surface area contributed by atoms with Crippen molar-refractivity contribution in [3.8, 4) is 11.5 Å². The topological polar surface area (TPSA) is 44.5 Å². The summed E-state index contributed by atoms with van der Waals surface area (Å²) in [5.41, 5.74) is 7.15. The molecule has 94 valence electrons. The van der Waals surface area contributed by atoms with Gasteiger partial charge in [-0.25, -0.2) is 0 Å². The molecule has 0 bridgehead atoms. The van der Waals surface area contributed by atoms with Crippen molar-refractivity contribution in [1.29, 1.82) is 0 Å². The van der Waals surface area contributed by atoms with Crippen LogP contribution in [0, 0.1) is 0 Å². The van der Waals surface area contributed by atoms with Crippen molar-refractivity contribution in [2.45, 2.75) is 31.7 Å². The van der Waals surface area contributed by atoms with E-state index in [0.717, 1.165) is 30.6 Å². The fourth-order valence-electron chi connectivity index (χ4n) is 1.88. The lowest BCUT2D eigenvalue weighted by Crippen LogP contribution is -2.24. The molecule has 0 aliphatic heterocycles. The molecule has 1 aromatic rings. The molecule has 0 saturated heterocycles. The minimum absolute atomic E-state index is 0.0518. The second-order valence-electron chi connectivity index (χ2n) is 4.57. The van der Waals surface area contributed by atoms with Gasteiger partial charge < -0.3 is 15.2 Å². The van der Waals surface area contributed by atoms with E-state index in [1.807, 2.05) is 19.1 Å². The van der Waals surface area contributed by atoms with Crippen LogP contribution in [0.3, 0.4) is 0 Å². The van der Waals surface area contributed by atoms with Crippen LogP contribution < -0.4 is 15.2 Å². The average molecular weight is 256 g/mol. The molecule has 0 heterocycles. The van der Waals surface area contributed by atoms with Gasteiger partial charge >= 0.3 is 0 Å². The first kappa shape index (κ1) is 12.5. The first-order valence-corrected chi connectivity index (χ1v) is 6.24. The first-order valence-electron chi connectivity index (χ1n) is 5.86. The van der Waals surface area contributed by atoms with E-state index in [2.05, 4.69) is 0 Å². The van der Waals surface area contributed by atoms with Crippen molar-refractivity contribution < 1.29 is 9.47 Å². The summed E-state index contributed by atoms with van der Waals surface area (Å²) in [5.74, 6) is 1.46. The van der Waals surface area contributed by atoms with Crippen molar-refractivity contribution in [2.75, 3.05) is 13.7 Å². The average Bonchev–Trinajstić information content (AvgIpc) is 3.00. The molecular formula is C13H18ClNO2. The molecule has 1 aromatic carbocycles. The summed E-state index contributed by atoms with van der Waals surface area (Å²) < 4.78 is 10.8. The lowest BCUT2D eigenvalue weighted by molar-refractivity contribution is 0.331. The van der Waals surface area contributed by atoms with Crippen LogP contribution in [0.15, 0.2) is 12.1 Å². The highest BCUT2D eigenvalue weighted by atomic mass is 35.5. The van der Waals surface area contributed by atoms with Crippen molar-refractivity contribution in [3.05, 3.63) is 22.7 Å². The van der Waals surface area contributed by atoms with E-state index in [4.69, 9.17) is 26.8 Å². The van der Waals surface area contributed by atoms with Gasteiger partial charge in [0.15, 0.2) is 0 Å². The van der Waals surface area contributed by atoms with E-state index in [1.165, 1.54) is 0 Å². The Morgan fingerprint density at radius 2 is 2.06 bits per heavy atom. The molecule has 3 nitrogen and oxygen atoms in total. The largest absolute Gasteiger partial charge is 0.495 e. The molecule has 1 fully saturated rings. The summed E-state index contributed by atoms with van der Waals surface area (Å²) in [5, 5.41) is 0.607. The van der Waals surface area contributed by atoms with Crippen molar-refractivity contribution in [3.63, 3.8) is 0 Å². The van der Waals surface area contributed by atoms with Gasteiger partial charge in [0.05, 0.1) is 18.7 Å². The van der Waals surface area contributed by atoms with Gasteiger partial charge in [-0.05, 0) is 37.8 Å². The van der Waals surface area contributed by atoms with E-state index in [0.29, 0.717) is 17.4 Å². The molecule has 17 heavy (non-hydrogen) atoms. The van der Waals surface area contributed by atoms with Crippen LogP contribution in [0.1, 0.15) is 25.3 Å². The van der Waals surface area contributed by atoms with Crippen LogP contribution in [-0.2, 0) is 6.42 Å². The summed E-state index contributed by atoms with van der Waals surface area (Å²) in [6, 6.07) is 3.74. The fourth-order valence-corrected chi connectivity index (χ4v) is 2.14. The minimum atomic E-state index is -0.0518. The molecule has 0 unspecified atom stereocenters. The van der Waals surface area contributed by atoms with Crippen molar-refractivity contribution >= 4 is 11.6 Å². The van der Waals surface area contributed by atoms with Crippen molar-refractivity contribution in [2.24, 2.45) is 5.73 Å². The summed E-state index contributed by atoms with van der Waals surface area (Å²) in [6.45, 7) is 2.58.